The quantitative estimate of drug-likeness (QED) is 0.626. The molecule has 0 saturated heterocycles. The molecule has 0 aliphatic heterocycles. The van der Waals surface area contributed by atoms with Crippen molar-refractivity contribution in [3.63, 3.8) is 0 Å². The molecule has 0 N–H and O–H groups in total. The van der Waals surface area contributed by atoms with Crippen LogP contribution in [0.5, 0.6) is 0 Å². The monoisotopic (exact) mass is 446 g/mol. The Morgan fingerprint density at radius 3 is 1.48 bits per heavy atom. The molecule has 4 rings (SSSR count). The molecule has 0 heterocycles. The average molecular weight is 449 g/mol. The van der Waals surface area contributed by atoms with Crippen LogP contribution in [0.25, 0.3) is 12.2 Å². The second-order valence-corrected chi connectivity index (χ2v) is 10.1. The Bertz CT molecular complexity index is 740. The summed E-state index contributed by atoms with van der Waals surface area (Å²) in [7, 11) is 0. The summed E-state index contributed by atoms with van der Waals surface area (Å²) in [4.78, 5) is 0. The van der Waals surface area contributed by atoms with Crippen LogP contribution in [0.15, 0.2) is 59.7 Å². The van der Waals surface area contributed by atoms with Crippen LogP contribution in [0, 0.1) is 0 Å². The maximum Gasteiger partial charge on any atom is -1.00 e. The van der Waals surface area contributed by atoms with Crippen molar-refractivity contribution in [1.29, 1.82) is 0 Å². The van der Waals surface area contributed by atoms with Gasteiger partial charge in [-0.3, -0.25) is 0 Å². The molecular formula is C22H22Cl2Zr. The van der Waals surface area contributed by atoms with Crippen molar-refractivity contribution in [3.05, 3.63) is 81.9 Å². The van der Waals surface area contributed by atoms with E-state index in [9.17, 15) is 0 Å². The van der Waals surface area contributed by atoms with Crippen LogP contribution in [0.1, 0.15) is 56.2 Å². The van der Waals surface area contributed by atoms with Gasteiger partial charge >= 0.3 is 151 Å². The predicted octanol–water partition coefficient (Wildman–Crippen LogP) is 0.174. The molecule has 2 aliphatic carbocycles. The van der Waals surface area contributed by atoms with Gasteiger partial charge in [-0.15, -0.1) is 0 Å². The summed E-state index contributed by atoms with van der Waals surface area (Å²) in [6.07, 6.45) is 7.33. The summed E-state index contributed by atoms with van der Waals surface area (Å²) in [6, 6.07) is 18.1. The van der Waals surface area contributed by atoms with E-state index in [1.807, 2.05) is 0 Å². The van der Waals surface area contributed by atoms with Crippen LogP contribution in [-0.4, -0.2) is 0 Å². The van der Waals surface area contributed by atoms with Crippen molar-refractivity contribution in [1.82, 2.24) is 0 Å². The molecule has 0 nitrogen and oxygen atoms in total. The molecule has 0 bridgehead atoms. The first-order valence-corrected chi connectivity index (χ1v) is 11.5. The van der Waals surface area contributed by atoms with E-state index in [0.717, 1.165) is 7.25 Å². The predicted molar refractivity (Wildman–Crippen MR) is 94.9 cm³/mol. The smallest absolute Gasteiger partial charge is 1.00 e. The number of rotatable bonds is 4. The van der Waals surface area contributed by atoms with E-state index in [-0.39, 0.29) is 24.8 Å². The molecule has 3 heteroatoms. The molecule has 2 unspecified atom stereocenters. The zero-order valence-corrected chi connectivity index (χ0v) is 18.6. The van der Waals surface area contributed by atoms with Crippen molar-refractivity contribution >= 4 is 12.2 Å². The maximum absolute atomic E-state index is 2.47. The molecule has 25 heavy (non-hydrogen) atoms. The van der Waals surface area contributed by atoms with E-state index in [0.29, 0.717) is 0 Å². The largest absolute Gasteiger partial charge is 1.00 e. The van der Waals surface area contributed by atoms with Crippen LogP contribution in [-0.2, 0) is 23.2 Å². The molecular weight excluding hydrogens is 426 g/mol. The molecule has 0 fully saturated rings. The second-order valence-electron chi connectivity index (χ2n) is 6.44. The van der Waals surface area contributed by atoms with Crippen LogP contribution >= 0.6 is 0 Å². The SMILES string of the molecule is CCC1=Cc2ccccc2[CH]1[Zr+2][CH]1C(CC)=Cc2ccccc21.[Cl-].[Cl-]. The van der Waals surface area contributed by atoms with Crippen LogP contribution in [0.4, 0.5) is 0 Å². The van der Waals surface area contributed by atoms with E-state index >= 15 is 0 Å². The Kier molecular flexibility index (Phi) is 7.33. The van der Waals surface area contributed by atoms with Gasteiger partial charge in [0.25, 0.3) is 0 Å². The molecule has 128 valence electrons. The minimum absolute atomic E-state index is 0. The third-order valence-electron chi connectivity index (χ3n) is 5.19. The van der Waals surface area contributed by atoms with E-state index < -0.39 is 23.2 Å². The summed E-state index contributed by atoms with van der Waals surface area (Å²) in [5, 5.41) is 0. The van der Waals surface area contributed by atoms with Gasteiger partial charge < -0.3 is 24.8 Å². The Morgan fingerprint density at radius 2 is 1.08 bits per heavy atom. The Morgan fingerprint density at radius 1 is 0.680 bits per heavy atom. The van der Waals surface area contributed by atoms with Crippen molar-refractivity contribution in [3.8, 4) is 0 Å². The minimum atomic E-state index is -0.648. The summed E-state index contributed by atoms with van der Waals surface area (Å²) < 4.78 is 1.51. The summed E-state index contributed by atoms with van der Waals surface area (Å²) >= 11 is -0.648. The van der Waals surface area contributed by atoms with E-state index in [2.05, 4.69) is 74.5 Å². The standard InChI is InChI=1S/2C11H11.2ClH.Zr/c2*1-2-9-7-10-5-3-4-6-11(10)8-9;;;/h2*3-8H,2H2,1H3;2*1H;/q;;;;+2/p-2. The van der Waals surface area contributed by atoms with Gasteiger partial charge in [0.15, 0.2) is 0 Å². The molecule has 0 amide bonds. The maximum atomic E-state index is 2.47. The normalized spacial score (nSPS) is 19.6. The summed E-state index contributed by atoms with van der Waals surface area (Å²) in [5.74, 6) is 0. The first-order valence-electron chi connectivity index (χ1n) is 8.66. The van der Waals surface area contributed by atoms with Gasteiger partial charge in [0.2, 0.25) is 0 Å². The third kappa shape index (κ3) is 3.75. The fraction of sp³-hybridized carbons (Fsp3) is 0.273. The fourth-order valence-corrected chi connectivity index (χ4v) is 9.41. The number of halogens is 2. The van der Waals surface area contributed by atoms with Gasteiger partial charge in [-0.05, 0) is 0 Å². The molecule has 0 spiro atoms. The number of hydrogen-bond acceptors (Lipinski definition) is 0. The Balaban J connectivity index is 0.00000113. The van der Waals surface area contributed by atoms with E-state index in [4.69, 9.17) is 0 Å². The number of fused-ring (bicyclic) bond motifs is 2. The molecule has 0 radical (unpaired) electrons. The van der Waals surface area contributed by atoms with Gasteiger partial charge in [-0.2, -0.15) is 0 Å². The van der Waals surface area contributed by atoms with Crippen molar-refractivity contribution in [2.45, 2.75) is 33.9 Å². The molecule has 2 aromatic rings. The van der Waals surface area contributed by atoms with Gasteiger partial charge in [-0.25, -0.2) is 0 Å². The van der Waals surface area contributed by atoms with Crippen LogP contribution < -0.4 is 24.8 Å². The first kappa shape index (κ1) is 20.7. The van der Waals surface area contributed by atoms with Crippen LogP contribution in [0.2, 0.25) is 0 Å². The van der Waals surface area contributed by atoms with Crippen molar-refractivity contribution in [2.24, 2.45) is 0 Å². The average Bonchev–Trinajstić information content (AvgIpc) is 3.14. The second kappa shape index (κ2) is 8.85. The van der Waals surface area contributed by atoms with Gasteiger partial charge in [0.1, 0.15) is 0 Å². The molecule has 2 atom stereocenters. The topological polar surface area (TPSA) is 0 Å². The van der Waals surface area contributed by atoms with Gasteiger partial charge in [0, 0.05) is 0 Å². The van der Waals surface area contributed by atoms with E-state index in [1.54, 1.807) is 22.3 Å². The first-order chi connectivity index (χ1) is 11.3. The van der Waals surface area contributed by atoms with Crippen molar-refractivity contribution in [2.75, 3.05) is 0 Å². The molecule has 2 aliphatic rings. The number of allylic oxidation sites excluding steroid dienone is 2. The van der Waals surface area contributed by atoms with Crippen molar-refractivity contribution < 1.29 is 48.0 Å². The zero-order chi connectivity index (χ0) is 15.8. The Hall–Kier alpha value is -0.617. The summed E-state index contributed by atoms with van der Waals surface area (Å²) in [6.45, 7) is 4.65. The summed E-state index contributed by atoms with van der Waals surface area (Å²) in [5.41, 5.74) is 9.52. The van der Waals surface area contributed by atoms with Crippen LogP contribution in [0.3, 0.4) is 0 Å². The minimum Gasteiger partial charge on any atom is -1.00 e. The molecule has 0 aromatic heterocycles. The molecule has 2 aromatic carbocycles. The molecule has 0 saturated carbocycles. The van der Waals surface area contributed by atoms with E-state index in [1.165, 1.54) is 24.0 Å². The van der Waals surface area contributed by atoms with Gasteiger partial charge in [0.05, 0.1) is 0 Å². The third-order valence-corrected chi connectivity index (χ3v) is 10.2. The Labute approximate surface area is 175 Å². The number of hydrogen-bond donors (Lipinski definition) is 0. The van der Waals surface area contributed by atoms with Gasteiger partial charge in [-0.1, -0.05) is 0 Å². The number of benzene rings is 2. The zero-order valence-electron chi connectivity index (χ0n) is 14.6. The fourth-order valence-electron chi connectivity index (χ4n) is 3.95.